The molecular formula is C16H19F3N2O4S. The van der Waals surface area contributed by atoms with Crippen LogP contribution in [0.1, 0.15) is 24.0 Å². The zero-order valence-electron chi connectivity index (χ0n) is 13.8. The van der Waals surface area contributed by atoms with Crippen LogP contribution < -0.4 is 5.73 Å². The number of rotatable bonds is 5. The monoisotopic (exact) mass is 392 g/mol. The van der Waals surface area contributed by atoms with E-state index in [1.165, 1.54) is 11.0 Å². The van der Waals surface area contributed by atoms with Gasteiger partial charge in [-0.15, -0.1) is 0 Å². The van der Waals surface area contributed by atoms with Crippen LogP contribution in [0, 0.1) is 5.92 Å². The maximum atomic E-state index is 12.7. The molecule has 1 aliphatic heterocycles. The number of halogens is 3. The van der Waals surface area contributed by atoms with E-state index in [0.29, 0.717) is 12.8 Å². The van der Waals surface area contributed by atoms with Crippen molar-refractivity contribution in [1.29, 1.82) is 0 Å². The van der Waals surface area contributed by atoms with Crippen molar-refractivity contribution < 1.29 is 31.2 Å². The van der Waals surface area contributed by atoms with Gasteiger partial charge in [0, 0.05) is 19.0 Å². The van der Waals surface area contributed by atoms with E-state index in [4.69, 9.17) is 5.73 Å². The molecule has 10 heteroatoms. The van der Waals surface area contributed by atoms with Crippen LogP contribution >= 0.6 is 0 Å². The van der Waals surface area contributed by atoms with E-state index in [9.17, 15) is 31.2 Å². The van der Waals surface area contributed by atoms with Crippen molar-refractivity contribution in [2.45, 2.75) is 24.8 Å². The summed E-state index contributed by atoms with van der Waals surface area (Å²) in [5.41, 5.74) is 4.23. The second-order valence-electron chi connectivity index (χ2n) is 6.29. The summed E-state index contributed by atoms with van der Waals surface area (Å²) in [5.74, 6) is -2.85. The topological polar surface area (TPSA) is 97.5 Å². The van der Waals surface area contributed by atoms with Gasteiger partial charge in [0.15, 0.2) is 9.84 Å². The van der Waals surface area contributed by atoms with Crippen molar-refractivity contribution in [3.8, 4) is 0 Å². The second kappa shape index (κ2) is 7.65. The number of alkyl halides is 3. The lowest BCUT2D eigenvalue weighted by Crippen LogP contribution is -2.44. The van der Waals surface area contributed by atoms with Crippen LogP contribution in [0.5, 0.6) is 0 Å². The minimum Gasteiger partial charge on any atom is -0.369 e. The molecule has 0 saturated carbocycles. The number of carbonyl (C=O) groups is 2. The molecule has 0 radical (unpaired) electrons. The zero-order chi connectivity index (χ0) is 19.5. The summed E-state index contributed by atoms with van der Waals surface area (Å²) in [6.07, 6.45) is -3.83. The molecule has 0 spiro atoms. The van der Waals surface area contributed by atoms with Gasteiger partial charge in [-0.25, -0.2) is 8.42 Å². The first-order chi connectivity index (χ1) is 12.0. The van der Waals surface area contributed by atoms with Crippen molar-refractivity contribution in [2.75, 3.05) is 18.8 Å². The first-order valence-electron chi connectivity index (χ1n) is 7.91. The van der Waals surface area contributed by atoms with Crippen LogP contribution in [0.4, 0.5) is 13.2 Å². The van der Waals surface area contributed by atoms with Gasteiger partial charge < -0.3 is 10.6 Å². The normalized spacial score (nSPS) is 16.5. The highest BCUT2D eigenvalue weighted by atomic mass is 32.2. The first-order valence-corrected chi connectivity index (χ1v) is 9.74. The van der Waals surface area contributed by atoms with Crippen molar-refractivity contribution in [3.63, 3.8) is 0 Å². The molecule has 26 heavy (non-hydrogen) atoms. The lowest BCUT2D eigenvalue weighted by molar-refractivity contribution is -0.137. The van der Waals surface area contributed by atoms with Crippen LogP contribution in [-0.4, -0.2) is 44.0 Å². The molecule has 0 aliphatic carbocycles. The Bertz CT molecular complexity index is 785. The molecule has 1 fully saturated rings. The average Bonchev–Trinajstić information content (AvgIpc) is 2.53. The number of nitrogens with two attached hydrogens (primary N) is 1. The largest absolute Gasteiger partial charge is 0.416 e. The SMILES string of the molecule is NC(=O)C1CCN(C(=O)CS(=O)(=O)Cc2cccc(C(F)(F)F)c2)CC1. The average molecular weight is 392 g/mol. The summed E-state index contributed by atoms with van der Waals surface area (Å²) in [6.45, 7) is 0.455. The van der Waals surface area contributed by atoms with Crippen LogP contribution in [0.25, 0.3) is 0 Å². The molecule has 2 N–H and O–H groups in total. The van der Waals surface area contributed by atoms with E-state index >= 15 is 0 Å². The van der Waals surface area contributed by atoms with Crippen LogP contribution in [0.15, 0.2) is 24.3 Å². The van der Waals surface area contributed by atoms with Gasteiger partial charge in [-0.3, -0.25) is 9.59 Å². The van der Waals surface area contributed by atoms with Crippen molar-refractivity contribution in [1.82, 2.24) is 4.90 Å². The lowest BCUT2D eigenvalue weighted by Gasteiger charge is -2.30. The Kier molecular flexibility index (Phi) is 5.94. The zero-order valence-corrected chi connectivity index (χ0v) is 14.6. The van der Waals surface area contributed by atoms with E-state index in [1.54, 1.807) is 0 Å². The minimum atomic E-state index is -4.57. The van der Waals surface area contributed by atoms with Crippen molar-refractivity contribution in [3.05, 3.63) is 35.4 Å². The van der Waals surface area contributed by atoms with Crippen LogP contribution in [0.3, 0.4) is 0 Å². The van der Waals surface area contributed by atoms with E-state index in [-0.39, 0.29) is 24.6 Å². The Labute approximate surface area is 149 Å². The minimum absolute atomic E-state index is 0.0277. The van der Waals surface area contributed by atoms with Gasteiger partial charge in [0.1, 0.15) is 5.75 Å². The van der Waals surface area contributed by atoms with Gasteiger partial charge in [0.2, 0.25) is 11.8 Å². The number of sulfone groups is 1. The number of carbonyl (C=O) groups excluding carboxylic acids is 2. The molecule has 1 aromatic carbocycles. The van der Waals surface area contributed by atoms with Crippen molar-refractivity contribution >= 4 is 21.7 Å². The van der Waals surface area contributed by atoms with Gasteiger partial charge in [-0.2, -0.15) is 13.2 Å². The van der Waals surface area contributed by atoms with E-state index in [0.717, 1.165) is 18.2 Å². The lowest BCUT2D eigenvalue weighted by atomic mass is 9.96. The Hall–Kier alpha value is -2.10. The van der Waals surface area contributed by atoms with Gasteiger partial charge in [-0.05, 0) is 24.5 Å². The summed E-state index contributed by atoms with van der Waals surface area (Å²) in [4.78, 5) is 24.6. The van der Waals surface area contributed by atoms with Gasteiger partial charge in [0.05, 0.1) is 11.3 Å². The molecule has 2 rings (SSSR count). The fourth-order valence-corrected chi connectivity index (χ4v) is 4.18. The predicted octanol–water partition coefficient (Wildman–Crippen LogP) is 1.34. The standard InChI is InChI=1S/C16H19F3N2O4S/c17-16(18,19)13-3-1-2-11(8-13)9-26(24,25)10-14(22)21-6-4-12(5-7-21)15(20)23/h1-3,8,12H,4-7,9-10H2,(H2,20,23). The molecule has 1 aliphatic rings. The third-order valence-corrected chi connectivity index (χ3v) is 5.69. The van der Waals surface area contributed by atoms with E-state index in [1.807, 2.05) is 0 Å². The molecule has 0 atom stereocenters. The fourth-order valence-electron chi connectivity index (χ4n) is 2.84. The maximum absolute atomic E-state index is 12.7. The summed E-state index contributed by atoms with van der Waals surface area (Å²) in [6, 6.07) is 4.02. The smallest absolute Gasteiger partial charge is 0.369 e. The highest BCUT2D eigenvalue weighted by Gasteiger charge is 2.31. The Balaban J connectivity index is 1.99. The number of benzene rings is 1. The van der Waals surface area contributed by atoms with E-state index in [2.05, 4.69) is 0 Å². The highest BCUT2D eigenvalue weighted by Crippen LogP contribution is 2.30. The molecule has 144 valence electrons. The summed E-state index contributed by atoms with van der Waals surface area (Å²) in [5, 5.41) is 0. The number of nitrogens with zero attached hydrogens (tertiary/aromatic N) is 1. The summed E-state index contributed by atoms with van der Waals surface area (Å²) < 4.78 is 62.5. The maximum Gasteiger partial charge on any atom is 0.416 e. The molecule has 0 aromatic heterocycles. The van der Waals surface area contributed by atoms with Crippen LogP contribution in [0.2, 0.25) is 0 Å². The molecule has 6 nitrogen and oxygen atoms in total. The van der Waals surface area contributed by atoms with Crippen molar-refractivity contribution in [2.24, 2.45) is 11.7 Å². The molecule has 0 unspecified atom stereocenters. The molecule has 1 heterocycles. The summed E-state index contributed by atoms with van der Waals surface area (Å²) in [7, 11) is -3.93. The molecule has 2 amide bonds. The number of amides is 2. The van der Waals surface area contributed by atoms with Gasteiger partial charge in [0.25, 0.3) is 0 Å². The van der Waals surface area contributed by atoms with E-state index < -0.39 is 44.9 Å². The number of primary amides is 1. The fraction of sp³-hybridized carbons (Fsp3) is 0.500. The second-order valence-corrected chi connectivity index (χ2v) is 8.35. The Morgan fingerprint density at radius 3 is 2.35 bits per heavy atom. The number of piperidine rings is 1. The third kappa shape index (κ3) is 5.45. The summed E-state index contributed by atoms with van der Waals surface area (Å²) >= 11 is 0. The predicted molar refractivity (Wildman–Crippen MR) is 87.4 cm³/mol. The van der Waals surface area contributed by atoms with Gasteiger partial charge in [-0.1, -0.05) is 18.2 Å². The molecule has 0 bridgehead atoms. The third-order valence-electron chi connectivity index (χ3n) is 4.23. The number of hydrogen-bond acceptors (Lipinski definition) is 4. The van der Waals surface area contributed by atoms with Crippen LogP contribution in [-0.2, 0) is 31.4 Å². The molecular weight excluding hydrogens is 373 g/mol. The number of likely N-dealkylation sites (tertiary alicyclic amines) is 1. The van der Waals surface area contributed by atoms with Gasteiger partial charge >= 0.3 is 6.18 Å². The molecule has 1 aromatic rings. The highest BCUT2D eigenvalue weighted by molar-refractivity contribution is 7.91. The Morgan fingerprint density at radius 2 is 1.81 bits per heavy atom. The Morgan fingerprint density at radius 1 is 1.19 bits per heavy atom. The number of hydrogen-bond donors (Lipinski definition) is 1. The quantitative estimate of drug-likeness (QED) is 0.818. The molecule has 1 saturated heterocycles. The first kappa shape index (κ1) is 20.2.